The molecule has 2 aliphatic heterocycles. The summed E-state index contributed by atoms with van der Waals surface area (Å²) in [6.45, 7) is 5.82. The zero-order chi connectivity index (χ0) is 23.7. The van der Waals surface area contributed by atoms with E-state index >= 15 is 0 Å². The third kappa shape index (κ3) is 4.42. The summed E-state index contributed by atoms with van der Waals surface area (Å²) in [5, 5.41) is 2.32. The van der Waals surface area contributed by atoms with Crippen molar-refractivity contribution in [1.29, 1.82) is 0 Å². The number of carbonyl (C=O) groups excluding carboxylic acids is 2. The molecule has 172 valence electrons. The molecule has 0 spiro atoms. The van der Waals surface area contributed by atoms with Crippen LogP contribution in [-0.2, 0) is 9.59 Å². The SMILES string of the molecule is CCC(SC1=Nc2ccccc2C2=NC(=O)C(C(C)CC)N12)C(=O)Nc1cc(F)ccc1F. The summed E-state index contributed by atoms with van der Waals surface area (Å²) in [7, 11) is 0. The maximum Gasteiger partial charge on any atom is 0.271 e. The standard InChI is InChI=1S/C24H24F2N4O2S/c1-4-13(3)20-23(32)29-21-15-8-6-7-9-17(15)28-24(30(20)21)33-19(5-2)22(31)27-18-12-14(25)10-11-16(18)26/h6-13,19-20H,4-5H2,1-3H3,(H,27,31). The van der Waals surface area contributed by atoms with Crippen molar-refractivity contribution in [2.24, 2.45) is 15.9 Å². The van der Waals surface area contributed by atoms with Crippen molar-refractivity contribution in [2.75, 3.05) is 5.32 Å². The molecule has 0 fully saturated rings. The maximum atomic E-state index is 14.0. The Kier molecular flexibility index (Phi) is 6.60. The van der Waals surface area contributed by atoms with Gasteiger partial charge in [-0.25, -0.2) is 13.8 Å². The van der Waals surface area contributed by atoms with E-state index in [0.717, 1.165) is 30.2 Å². The zero-order valence-corrected chi connectivity index (χ0v) is 19.3. The Bertz CT molecular complexity index is 1170. The van der Waals surface area contributed by atoms with Gasteiger partial charge in [-0.3, -0.25) is 14.5 Å². The van der Waals surface area contributed by atoms with Gasteiger partial charge in [-0.05, 0) is 36.6 Å². The van der Waals surface area contributed by atoms with Gasteiger partial charge in [0, 0.05) is 11.6 Å². The summed E-state index contributed by atoms with van der Waals surface area (Å²) < 4.78 is 27.6. The van der Waals surface area contributed by atoms with E-state index in [4.69, 9.17) is 4.99 Å². The van der Waals surface area contributed by atoms with Gasteiger partial charge in [0.2, 0.25) is 5.91 Å². The Morgan fingerprint density at radius 1 is 1.15 bits per heavy atom. The van der Waals surface area contributed by atoms with Crippen LogP contribution < -0.4 is 5.32 Å². The maximum absolute atomic E-state index is 14.0. The number of halogens is 2. The summed E-state index contributed by atoms with van der Waals surface area (Å²) in [5.41, 5.74) is 1.21. The topological polar surface area (TPSA) is 74.1 Å². The lowest BCUT2D eigenvalue weighted by molar-refractivity contribution is -0.120. The van der Waals surface area contributed by atoms with Crippen molar-refractivity contribution in [3.63, 3.8) is 0 Å². The predicted molar refractivity (Wildman–Crippen MR) is 127 cm³/mol. The normalized spacial score (nSPS) is 18.8. The number of anilines is 1. The highest BCUT2D eigenvalue weighted by Crippen LogP contribution is 2.38. The van der Waals surface area contributed by atoms with Gasteiger partial charge in [-0.15, -0.1) is 0 Å². The van der Waals surface area contributed by atoms with Crippen LogP contribution in [0.2, 0.25) is 0 Å². The molecule has 1 N–H and O–H groups in total. The molecule has 4 rings (SSSR count). The van der Waals surface area contributed by atoms with E-state index in [-0.39, 0.29) is 17.5 Å². The third-order valence-corrected chi connectivity index (χ3v) is 7.15. The number of benzene rings is 2. The number of carbonyl (C=O) groups is 2. The fourth-order valence-corrected chi connectivity index (χ4v) is 4.90. The van der Waals surface area contributed by atoms with Crippen LogP contribution in [0.25, 0.3) is 0 Å². The van der Waals surface area contributed by atoms with Crippen molar-refractivity contribution < 1.29 is 18.4 Å². The molecule has 33 heavy (non-hydrogen) atoms. The number of rotatable bonds is 6. The molecular formula is C24H24F2N4O2S. The molecule has 3 unspecified atom stereocenters. The first-order valence-electron chi connectivity index (χ1n) is 10.9. The highest BCUT2D eigenvalue weighted by atomic mass is 32.2. The van der Waals surface area contributed by atoms with Gasteiger partial charge in [-0.1, -0.05) is 51.1 Å². The first kappa shape index (κ1) is 23.1. The molecule has 2 aromatic rings. The first-order chi connectivity index (χ1) is 15.8. The fraction of sp³-hybridized carbons (Fsp3) is 0.333. The number of amides is 2. The van der Waals surface area contributed by atoms with Crippen molar-refractivity contribution in [3.05, 3.63) is 59.7 Å². The molecule has 6 nitrogen and oxygen atoms in total. The molecule has 0 bridgehead atoms. The Morgan fingerprint density at radius 3 is 2.64 bits per heavy atom. The summed E-state index contributed by atoms with van der Waals surface area (Å²) in [6, 6.07) is 9.81. The second kappa shape index (κ2) is 9.43. The number of fused-ring (bicyclic) bond motifs is 3. The molecule has 9 heteroatoms. The number of hydrogen-bond donors (Lipinski definition) is 1. The van der Waals surface area contributed by atoms with E-state index in [1.54, 1.807) is 0 Å². The van der Waals surface area contributed by atoms with Gasteiger partial charge in [0.25, 0.3) is 5.91 Å². The van der Waals surface area contributed by atoms with Crippen LogP contribution in [-0.4, -0.2) is 39.0 Å². The van der Waals surface area contributed by atoms with Gasteiger partial charge < -0.3 is 5.32 Å². The zero-order valence-electron chi connectivity index (χ0n) is 18.5. The van der Waals surface area contributed by atoms with Crippen LogP contribution in [0.3, 0.4) is 0 Å². The predicted octanol–water partition coefficient (Wildman–Crippen LogP) is 5.12. The fourth-order valence-electron chi connectivity index (χ4n) is 3.84. The molecule has 3 atom stereocenters. The Balaban J connectivity index is 1.66. The van der Waals surface area contributed by atoms with E-state index < -0.39 is 28.8 Å². The molecule has 2 amide bonds. The van der Waals surface area contributed by atoms with Gasteiger partial charge >= 0.3 is 0 Å². The average molecular weight is 471 g/mol. The smallest absolute Gasteiger partial charge is 0.271 e. The molecule has 2 heterocycles. The largest absolute Gasteiger partial charge is 0.323 e. The third-order valence-electron chi connectivity index (χ3n) is 5.82. The van der Waals surface area contributed by atoms with Gasteiger partial charge in [0.15, 0.2) is 5.17 Å². The molecule has 0 aromatic heterocycles. The minimum atomic E-state index is -0.718. The van der Waals surface area contributed by atoms with Crippen LogP contribution in [0.15, 0.2) is 52.4 Å². The average Bonchev–Trinajstić information content (AvgIpc) is 3.16. The lowest BCUT2D eigenvalue weighted by atomic mass is 9.97. The number of thioether (sulfide) groups is 1. The monoisotopic (exact) mass is 470 g/mol. The molecule has 0 saturated heterocycles. The molecule has 2 aliphatic rings. The van der Waals surface area contributed by atoms with E-state index in [1.165, 1.54) is 11.8 Å². The van der Waals surface area contributed by atoms with Crippen LogP contribution in [0.1, 0.15) is 39.2 Å². The summed E-state index contributed by atoms with van der Waals surface area (Å²) in [5.74, 6) is -1.52. The lowest BCUT2D eigenvalue weighted by Gasteiger charge is -2.34. The minimum Gasteiger partial charge on any atom is -0.323 e. The second-order valence-electron chi connectivity index (χ2n) is 8.01. The number of amidine groups is 2. The number of aliphatic imine (C=N–C) groups is 2. The van der Waals surface area contributed by atoms with Crippen LogP contribution in [0.4, 0.5) is 20.2 Å². The minimum absolute atomic E-state index is 0.0186. The Morgan fingerprint density at radius 2 is 1.91 bits per heavy atom. The summed E-state index contributed by atoms with van der Waals surface area (Å²) in [6.07, 6.45) is 1.18. The molecule has 0 radical (unpaired) electrons. The first-order valence-corrected chi connectivity index (χ1v) is 11.7. The number of nitrogens with zero attached hydrogens (tertiary/aromatic N) is 3. The molecular weight excluding hydrogens is 446 g/mol. The molecule has 0 aliphatic carbocycles. The van der Waals surface area contributed by atoms with E-state index in [9.17, 15) is 18.4 Å². The van der Waals surface area contributed by atoms with E-state index in [2.05, 4.69) is 10.3 Å². The van der Waals surface area contributed by atoms with Crippen molar-refractivity contribution >= 4 is 46.0 Å². The second-order valence-corrected chi connectivity index (χ2v) is 9.18. The Hall–Kier alpha value is -3.07. The van der Waals surface area contributed by atoms with Gasteiger partial charge in [0.1, 0.15) is 23.5 Å². The summed E-state index contributed by atoms with van der Waals surface area (Å²) in [4.78, 5) is 36.7. The molecule has 2 aromatic carbocycles. The van der Waals surface area contributed by atoms with Crippen LogP contribution >= 0.6 is 11.8 Å². The lowest BCUT2D eigenvalue weighted by Crippen LogP contribution is -2.47. The van der Waals surface area contributed by atoms with Gasteiger partial charge in [0.05, 0.1) is 16.6 Å². The van der Waals surface area contributed by atoms with E-state index in [1.807, 2.05) is 49.9 Å². The van der Waals surface area contributed by atoms with Crippen molar-refractivity contribution in [2.45, 2.75) is 44.9 Å². The van der Waals surface area contributed by atoms with E-state index in [0.29, 0.717) is 23.1 Å². The van der Waals surface area contributed by atoms with Crippen LogP contribution in [0.5, 0.6) is 0 Å². The van der Waals surface area contributed by atoms with Gasteiger partial charge in [-0.2, -0.15) is 4.99 Å². The number of nitrogens with one attached hydrogen (secondary N) is 1. The quantitative estimate of drug-likeness (QED) is 0.636. The van der Waals surface area contributed by atoms with Crippen LogP contribution in [0, 0.1) is 17.6 Å². The summed E-state index contributed by atoms with van der Waals surface area (Å²) >= 11 is 1.19. The van der Waals surface area contributed by atoms with Crippen molar-refractivity contribution in [3.8, 4) is 0 Å². The Labute approximate surface area is 195 Å². The van der Waals surface area contributed by atoms with Crippen molar-refractivity contribution in [1.82, 2.24) is 4.90 Å². The number of para-hydroxylation sites is 1. The highest BCUT2D eigenvalue weighted by Gasteiger charge is 2.44. The number of hydrogen-bond acceptors (Lipinski definition) is 5. The highest BCUT2D eigenvalue weighted by molar-refractivity contribution is 8.15. The molecule has 0 saturated carbocycles.